The Bertz CT molecular complexity index is 993. The van der Waals surface area contributed by atoms with E-state index in [1.165, 1.54) is 6.07 Å². The average molecular weight is 383 g/mol. The Morgan fingerprint density at radius 2 is 1.73 bits per heavy atom. The zero-order valence-electron chi connectivity index (χ0n) is 13.6. The minimum atomic E-state index is -0.223. The van der Waals surface area contributed by atoms with Crippen molar-refractivity contribution in [3.05, 3.63) is 71.8 Å². The van der Waals surface area contributed by atoms with Crippen molar-refractivity contribution in [2.75, 3.05) is 16.8 Å². The quantitative estimate of drug-likeness (QED) is 0.604. The van der Waals surface area contributed by atoms with Crippen molar-refractivity contribution in [1.29, 1.82) is 0 Å². The van der Waals surface area contributed by atoms with E-state index in [4.69, 9.17) is 11.6 Å². The summed E-state index contributed by atoms with van der Waals surface area (Å²) < 4.78 is 0. The topological polar surface area (TPSA) is 52.6 Å². The van der Waals surface area contributed by atoms with Gasteiger partial charge in [0.05, 0.1) is 17.1 Å². The standard InChI is InChI=1S/C20H15ClN2O2S/c21-13-9-10-19-16(11-13)23(15-6-2-4-8-18(15)26-19)12-20(25)22-14-5-1-3-7-17(14)24/h1-11,24H,12H2,(H,22,25). The minimum absolute atomic E-state index is 0.0406. The molecule has 0 saturated heterocycles. The number of carbonyl (C=O) groups is 1. The Morgan fingerprint density at radius 3 is 2.58 bits per heavy atom. The van der Waals surface area contributed by atoms with Crippen LogP contribution in [0.3, 0.4) is 0 Å². The molecule has 1 amide bonds. The third-order valence-corrected chi connectivity index (χ3v) is 5.43. The van der Waals surface area contributed by atoms with Crippen LogP contribution in [-0.4, -0.2) is 17.6 Å². The predicted molar refractivity (Wildman–Crippen MR) is 106 cm³/mol. The lowest BCUT2D eigenvalue weighted by Gasteiger charge is -2.32. The summed E-state index contributed by atoms with van der Waals surface area (Å²) in [6, 6.07) is 20.3. The van der Waals surface area contributed by atoms with Gasteiger partial charge in [-0.2, -0.15) is 0 Å². The van der Waals surface area contributed by atoms with Crippen LogP contribution in [0.4, 0.5) is 17.1 Å². The zero-order chi connectivity index (χ0) is 18.1. The van der Waals surface area contributed by atoms with Crippen molar-refractivity contribution in [3.8, 4) is 5.75 Å². The van der Waals surface area contributed by atoms with Crippen LogP contribution in [-0.2, 0) is 4.79 Å². The lowest BCUT2D eigenvalue weighted by molar-refractivity contribution is -0.114. The van der Waals surface area contributed by atoms with Crippen molar-refractivity contribution in [2.24, 2.45) is 0 Å². The summed E-state index contributed by atoms with van der Waals surface area (Å²) in [4.78, 5) is 16.7. The van der Waals surface area contributed by atoms with Crippen molar-refractivity contribution in [1.82, 2.24) is 0 Å². The van der Waals surface area contributed by atoms with Crippen molar-refractivity contribution in [2.45, 2.75) is 9.79 Å². The molecule has 2 N–H and O–H groups in total. The number of benzene rings is 3. The molecule has 4 nitrogen and oxygen atoms in total. The van der Waals surface area contributed by atoms with Crippen LogP contribution < -0.4 is 10.2 Å². The fraction of sp³-hybridized carbons (Fsp3) is 0.0500. The van der Waals surface area contributed by atoms with Crippen LogP contribution in [0.2, 0.25) is 5.02 Å². The van der Waals surface area contributed by atoms with Gasteiger partial charge in [0.25, 0.3) is 0 Å². The molecule has 1 aliphatic rings. The summed E-state index contributed by atoms with van der Waals surface area (Å²) in [5, 5.41) is 13.3. The van der Waals surface area contributed by atoms with Crippen LogP contribution in [0.15, 0.2) is 76.5 Å². The Hall–Kier alpha value is -2.63. The number of amides is 1. The second kappa shape index (κ2) is 6.94. The van der Waals surface area contributed by atoms with E-state index >= 15 is 0 Å². The molecule has 6 heteroatoms. The number of fused-ring (bicyclic) bond motifs is 2. The fourth-order valence-electron chi connectivity index (χ4n) is 2.89. The molecule has 0 saturated carbocycles. The molecule has 0 aliphatic carbocycles. The van der Waals surface area contributed by atoms with E-state index in [1.54, 1.807) is 30.0 Å². The van der Waals surface area contributed by atoms with Gasteiger partial charge in [0, 0.05) is 14.8 Å². The summed E-state index contributed by atoms with van der Waals surface area (Å²) in [7, 11) is 0. The number of para-hydroxylation sites is 3. The molecule has 1 heterocycles. The van der Waals surface area contributed by atoms with Crippen LogP contribution in [0, 0.1) is 0 Å². The van der Waals surface area contributed by atoms with Gasteiger partial charge in [-0.05, 0) is 42.5 Å². The van der Waals surface area contributed by atoms with Crippen molar-refractivity contribution in [3.63, 3.8) is 0 Å². The number of carbonyl (C=O) groups excluding carboxylic acids is 1. The van der Waals surface area contributed by atoms with Gasteiger partial charge in [-0.1, -0.05) is 47.6 Å². The first-order valence-corrected chi connectivity index (χ1v) is 9.23. The SMILES string of the molecule is O=C(CN1c2ccccc2Sc2ccc(Cl)cc21)Nc1ccccc1O. The van der Waals surface area contributed by atoms with Crippen LogP contribution in [0.25, 0.3) is 0 Å². The van der Waals surface area contributed by atoms with Gasteiger partial charge in [0.15, 0.2) is 0 Å². The number of hydrogen-bond donors (Lipinski definition) is 2. The molecular weight excluding hydrogens is 368 g/mol. The number of aromatic hydroxyl groups is 1. The molecule has 3 aromatic rings. The normalized spacial score (nSPS) is 12.3. The second-order valence-electron chi connectivity index (χ2n) is 5.83. The molecular formula is C20H15ClN2O2S. The Labute approximate surface area is 160 Å². The Balaban J connectivity index is 1.66. The molecule has 1 aliphatic heterocycles. The van der Waals surface area contributed by atoms with E-state index in [1.807, 2.05) is 47.4 Å². The summed E-state index contributed by atoms with van der Waals surface area (Å²) in [6.45, 7) is 0.110. The van der Waals surface area contributed by atoms with E-state index in [0.717, 1.165) is 21.2 Å². The van der Waals surface area contributed by atoms with Crippen LogP contribution >= 0.6 is 23.4 Å². The minimum Gasteiger partial charge on any atom is -0.506 e. The number of hydrogen-bond acceptors (Lipinski definition) is 4. The highest BCUT2D eigenvalue weighted by atomic mass is 35.5. The van der Waals surface area contributed by atoms with Gasteiger partial charge in [-0.3, -0.25) is 4.79 Å². The molecule has 0 spiro atoms. The molecule has 0 radical (unpaired) electrons. The molecule has 0 fully saturated rings. The first-order valence-electron chi connectivity index (χ1n) is 8.03. The summed E-state index contributed by atoms with van der Waals surface area (Å²) in [6.07, 6.45) is 0. The number of halogens is 1. The van der Waals surface area contributed by atoms with Gasteiger partial charge in [-0.25, -0.2) is 0 Å². The molecule has 130 valence electrons. The van der Waals surface area contributed by atoms with E-state index < -0.39 is 0 Å². The number of nitrogens with one attached hydrogen (secondary N) is 1. The maximum atomic E-state index is 12.6. The van der Waals surface area contributed by atoms with Gasteiger partial charge in [-0.15, -0.1) is 0 Å². The van der Waals surface area contributed by atoms with Gasteiger partial charge in [0.1, 0.15) is 12.3 Å². The maximum Gasteiger partial charge on any atom is 0.244 e. The largest absolute Gasteiger partial charge is 0.506 e. The monoisotopic (exact) mass is 382 g/mol. The Kier molecular flexibility index (Phi) is 4.49. The number of rotatable bonds is 3. The number of nitrogens with zero attached hydrogens (tertiary/aromatic N) is 1. The zero-order valence-corrected chi connectivity index (χ0v) is 15.2. The number of phenolic OH excluding ortho intramolecular Hbond substituents is 1. The molecule has 4 rings (SSSR count). The van der Waals surface area contributed by atoms with Crippen molar-refractivity contribution >= 4 is 46.3 Å². The van der Waals surface area contributed by atoms with Crippen molar-refractivity contribution < 1.29 is 9.90 Å². The van der Waals surface area contributed by atoms with E-state index in [2.05, 4.69) is 5.32 Å². The molecule has 0 atom stereocenters. The first-order chi connectivity index (χ1) is 12.6. The van der Waals surface area contributed by atoms with Crippen LogP contribution in [0.1, 0.15) is 0 Å². The van der Waals surface area contributed by atoms with Gasteiger partial charge < -0.3 is 15.3 Å². The van der Waals surface area contributed by atoms with Crippen LogP contribution in [0.5, 0.6) is 5.75 Å². The summed E-state index contributed by atoms with van der Waals surface area (Å²) in [5.41, 5.74) is 2.25. The van der Waals surface area contributed by atoms with E-state index in [-0.39, 0.29) is 18.2 Å². The lowest BCUT2D eigenvalue weighted by atomic mass is 10.2. The molecule has 0 unspecified atom stereocenters. The lowest BCUT2D eigenvalue weighted by Crippen LogP contribution is -2.31. The molecule has 26 heavy (non-hydrogen) atoms. The fourth-order valence-corrected chi connectivity index (χ4v) is 4.13. The first kappa shape index (κ1) is 16.8. The van der Waals surface area contributed by atoms with Gasteiger partial charge in [0.2, 0.25) is 5.91 Å². The highest BCUT2D eigenvalue weighted by molar-refractivity contribution is 7.99. The summed E-state index contributed by atoms with van der Waals surface area (Å²) in [5.74, 6) is -0.182. The highest BCUT2D eigenvalue weighted by Crippen LogP contribution is 2.48. The molecule has 0 aromatic heterocycles. The Morgan fingerprint density at radius 1 is 1.00 bits per heavy atom. The number of phenols is 1. The third-order valence-electron chi connectivity index (χ3n) is 4.07. The highest BCUT2D eigenvalue weighted by Gasteiger charge is 2.25. The molecule has 3 aromatic carbocycles. The third kappa shape index (κ3) is 3.23. The number of anilines is 3. The maximum absolute atomic E-state index is 12.6. The average Bonchev–Trinajstić information content (AvgIpc) is 2.64. The summed E-state index contributed by atoms with van der Waals surface area (Å²) >= 11 is 7.84. The van der Waals surface area contributed by atoms with E-state index in [0.29, 0.717) is 10.7 Å². The molecule has 0 bridgehead atoms. The predicted octanol–water partition coefficient (Wildman–Crippen LogP) is 5.29. The van der Waals surface area contributed by atoms with Gasteiger partial charge >= 0.3 is 0 Å². The van der Waals surface area contributed by atoms with E-state index in [9.17, 15) is 9.90 Å². The smallest absolute Gasteiger partial charge is 0.244 e. The second-order valence-corrected chi connectivity index (χ2v) is 7.35.